The number of piperidine rings is 1. The monoisotopic (exact) mass is 274 g/mol. The van der Waals surface area contributed by atoms with Gasteiger partial charge in [0.2, 0.25) is 0 Å². The zero-order valence-corrected chi connectivity index (χ0v) is 11.9. The van der Waals surface area contributed by atoms with E-state index < -0.39 is 0 Å². The molecule has 4 nitrogen and oxygen atoms in total. The number of carbonyl (C=O) groups is 1. The fourth-order valence-electron chi connectivity index (χ4n) is 3.07. The minimum absolute atomic E-state index is 0.0132. The first-order valence-electron chi connectivity index (χ1n) is 7.49. The average Bonchev–Trinajstić information content (AvgIpc) is 2.92. The first-order valence-corrected chi connectivity index (χ1v) is 7.49. The van der Waals surface area contributed by atoms with Crippen LogP contribution in [-0.4, -0.2) is 31.1 Å². The number of para-hydroxylation sites is 1. The highest BCUT2D eigenvalue weighted by atomic mass is 16.5. The summed E-state index contributed by atoms with van der Waals surface area (Å²) in [5.74, 6) is 1.38. The van der Waals surface area contributed by atoms with Crippen LogP contribution in [0.25, 0.3) is 0 Å². The van der Waals surface area contributed by atoms with E-state index in [1.54, 1.807) is 0 Å². The van der Waals surface area contributed by atoms with Crippen LogP contribution in [0.5, 0.6) is 5.75 Å². The molecule has 0 aromatic heterocycles. The molecule has 2 heterocycles. The summed E-state index contributed by atoms with van der Waals surface area (Å²) < 4.78 is 5.73. The van der Waals surface area contributed by atoms with E-state index in [9.17, 15) is 4.79 Å². The fourth-order valence-corrected chi connectivity index (χ4v) is 3.07. The van der Waals surface area contributed by atoms with Gasteiger partial charge in [0.15, 0.2) is 6.10 Å². The summed E-state index contributed by atoms with van der Waals surface area (Å²) in [6.45, 7) is 4.18. The first-order chi connectivity index (χ1) is 9.74. The standard InChI is InChI=1S/C16H22N2O2/c1-11(13-6-4-8-17-10-13)18-16(19)15-9-12-5-2-3-7-14(12)20-15/h2-3,5,7,11,13,15,17H,4,6,8-10H2,1H3,(H,18,19). The molecule has 4 heteroatoms. The summed E-state index contributed by atoms with van der Waals surface area (Å²) in [6, 6.07) is 8.07. The number of fused-ring (bicyclic) bond motifs is 1. The van der Waals surface area contributed by atoms with E-state index in [0.29, 0.717) is 12.3 Å². The molecule has 0 saturated carbocycles. The van der Waals surface area contributed by atoms with E-state index in [2.05, 4.69) is 17.6 Å². The Bertz CT molecular complexity index is 458. The lowest BCUT2D eigenvalue weighted by Gasteiger charge is -2.29. The molecule has 0 bridgehead atoms. The number of ether oxygens (including phenoxy) is 1. The summed E-state index contributed by atoms with van der Waals surface area (Å²) in [6.07, 6.45) is 2.68. The van der Waals surface area contributed by atoms with Gasteiger partial charge in [-0.2, -0.15) is 0 Å². The molecule has 2 aliphatic heterocycles. The van der Waals surface area contributed by atoms with Crippen molar-refractivity contribution in [2.24, 2.45) is 5.92 Å². The van der Waals surface area contributed by atoms with E-state index in [1.807, 2.05) is 24.3 Å². The van der Waals surface area contributed by atoms with Crippen molar-refractivity contribution in [2.75, 3.05) is 13.1 Å². The molecular formula is C16H22N2O2. The van der Waals surface area contributed by atoms with Gasteiger partial charge in [-0.25, -0.2) is 0 Å². The number of hydrogen-bond donors (Lipinski definition) is 2. The van der Waals surface area contributed by atoms with Crippen LogP contribution in [0.3, 0.4) is 0 Å². The summed E-state index contributed by atoms with van der Waals surface area (Å²) in [5, 5.41) is 6.51. The van der Waals surface area contributed by atoms with Crippen LogP contribution in [-0.2, 0) is 11.2 Å². The maximum atomic E-state index is 12.3. The minimum atomic E-state index is -0.369. The molecule has 1 aromatic carbocycles. The smallest absolute Gasteiger partial charge is 0.261 e. The summed E-state index contributed by atoms with van der Waals surface area (Å²) in [7, 11) is 0. The van der Waals surface area contributed by atoms with Crippen molar-refractivity contribution in [3.63, 3.8) is 0 Å². The summed E-state index contributed by atoms with van der Waals surface area (Å²) >= 11 is 0. The Balaban J connectivity index is 1.55. The first kappa shape index (κ1) is 13.4. The molecule has 3 atom stereocenters. The van der Waals surface area contributed by atoms with Gasteiger partial charge < -0.3 is 15.4 Å². The van der Waals surface area contributed by atoms with Crippen molar-refractivity contribution >= 4 is 5.91 Å². The van der Waals surface area contributed by atoms with Gasteiger partial charge in [-0.1, -0.05) is 18.2 Å². The molecule has 0 aliphatic carbocycles. The van der Waals surface area contributed by atoms with Gasteiger partial charge >= 0.3 is 0 Å². The topological polar surface area (TPSA) is 50.4 Å². The van der Waals surface area contributed by atoms with Crippen molar-refractivity contribution in [1.82, 2.24) is 10.6 Å². The average molecular weight is 274 g/mol. The van der Waals surface area contributed by atoms with Gasteiger partial charge in [0.1, 0.15) is 5.75 Å². The van der Waals surface area contributed by atoms with Crippen molar-refractivity contribution < 1.29 is 9.53 Å². The number of nitrogens with one attached hydrogen (secondary N) is 2. The Kier molecular flexibility index (Phi) is 3.92. The quantitative estimate of drug-likeness (QED) is 0.878. The highest BCUT2D eigenvalue weighted by Gasteiger charge is 2.31. The maximum Gasteiger partial charge on any atom is 0.261 e. The Hall–Kier alpha value is -1.55. The zero-order chi connectivity index (χ0) is 13.9. The van der Waals surface area contributed by atoms with Crippen LogP contribution in [0.1, 0.15) is 25.3 Å². The molecule has 1 saturated heterocycles. The van der Waals surface area contributed by atoms with Gasteiger partial charge in [0.05, 0.1) is 0 Å². The molecule has 1 aromatic rings. The molecule has 0 radical (unpaired) electrons. The second-order valence-electron chi connectivity index (χ2n) is 5.82. The highest BCUT2D eigenvalue weighted by molar-refractivity contribution is 5.82. The van der Waals surface area contributed by atoms with Crippen molar-refractivity contribution in [1.29, 1.82) is 0 Å². The van der Waals surface area contributed by atoms with Crippen LogP contribution < -0.4 is 15.4 Å². The number of rotatable bonds is 3. The highest BCUT2D eigenvalue weighted by Crippen LogP contribution is 2.28. The molecule has 0 spiro atoms. The maximum absolute atomic E-state index is 12.3. The number of benzene rings is 1. The Labute approximate surface area is 119 Å². The zero-order valence-electron chi connectivity index (χ0n) is 11.9. The number of carbonyl (C=O) groups excluding carboxylic acids is 1. The number of hydrogen-bond acceptors (Lipinski definition) is 3. The second-order valence-corrected chi connectivity index (χ2v) is 5.82. The molecule has 3 unspecified atom stereocenters. The largest absolute Gasteiger partial charge is 0.480 e. The molecule has 20 heavy (non-hydrogen) atoms. The molecule has 2 aliphatic rings. The third-order valence-electron chi connectivity index (χ3n) is 4.35. The Morgan fingerprint density at radius 2 is 2.30 bits per heavy atom. The Morgan fingerprint density at radius 3 is 3.05 bits per heavy atom. The predicted octanol–water partition coefficient (Wildman–Crippen LogP) is 1.49. The Morgan fingerprint density at radius 1 is 1.45 bits per heavy atom. The van der Waals surface area contributed by atoms with Crippen LogP contribution in [0.4, 0.5) is 0 Å². The third-order valence-corrected chi connectivity index (χ3v) is 4.35. The van der Waals surface area contributed by atoms with Gasteiger partial charge in [0, 0.05) is 12.5 Å². The SMILES string of the molecule is CC(NC(=O)C1Cc2ccccc2O1)C1CCCNC1. The van der Waals surface area contributed by atoms with Crippen molar-refractivity contribution in [3.8, 4) is 5.75 Å². The summed E-state index contributed by atoms with van der Waals surface area (Å²) in [4.78, 5) is 12.3. The molecule has 1 amide bonds. The minimum Gasteiger partial charge on any atom is -0.480 e. The van der Waals surface area contributed by atoms with E-state index >= 15 is 0 Å². The van der Waals surface area contributed by atoms with Gasteiger partial charge in [-0.3, -0.25) is 4.79 Å². The van der Waals surface area contributed by atoms with Gasteiger partial charge in [0.25, 0.3) is 5.91 Å². The van der Waals surface area contributed by atoms with Crippen LogP contribution in [0.15, 0.2) is 24.3 Å². The molecule has 1 fully saturated rings. The van der Waals surface area contributed by atoms with Crippen LogP contribution in [0, 0.1) is 5.92 Å². The fraction of sp³-hybridized carbons (Fsp3) is 0.562. The molecule has 2 N–H and O–H groups in total. The normalized spacial score (nSPS) is 26.4. The van der Waals surface area contributed by atoms with E-state index in [0.717, 1.165) is 24.4 Å². The van der Waals surface area contributed by atoms with Crippen molar-refractivity contribution in [3.05, 3.63) is 29.8 Å². The molecular weight excluding hydrogens is 252 g/mol. The number of amides is 1. The third kappa shape index (κ3) is 2.80. The summed E-state index contributed by atoms with van der Waals surface area (Å²) in [5.41, 5.74) is 1.12. The van der Waals surface area contributed by atoms with E-state index in [1.165, 1.54) is 12.8 Å². The lowest BCUT2D eigenvalue weighted by atomic mass is 9.92. The second kappa shape index (κ2) is 5.83. The lowest BCUT2D eigenvalue weighted by Crippen LogP contribution is -2.48. The van der Waals surface area contributed by atoms with Gasteiger partial charge in [-0.05, 0) is 50.4 Å². The van der Waals surface area contributed by atoms with Crippen LogP contribution in [0.2, 0.25) is 0 Å². The predicted molar refractivity (Wildman–Crippen MR) is 77.8 cm³/mol. The van der Waals surface area contributed by atoms with E-state index in [-0.39, 0.29) is 18.1 Å². The molecule has 108 valence electrons. The van der Waals surface area contributed by atoms with Crippen molar-refractivity contribution in [2.45, 2.75) is 38.3 Å². The van der Waals surface area contributed by atoms with Gasteiger partial charge in [-0.15, -0.1) is 0 Å². The van der Waals surface area contributed by atoms with Crippen LogP contribution >= 0.6 is 0 Å². The molecule has 3 rings (SSSR count). The van der Waals surface area contributed by atoms with E-state index in [4.69, 9.17) is 4.74 Å². The lowest BCUT2D eigenvalue weighted by molar-refractivity contribution is -0.128.